The van der Waals surface area contributed by atoms with Crippen LogP contribution in [0.4, 0.5) is 5.69 Å². The van der Waals surface area contributed by atoms with Crippen molar-refractivity contribution in [3.8, 4) is 5.88 Å². The van der Waals surface area contributed by atoms with Gasteiger partial charge in [-0.25, -0.2) is 15.0 Å². The quantitative estimate of drug-likeness (QED) is 0.552. The van der Waals surface area contributed by atoms with Crippen LogP contribution < -0.4 is 4.74 Å². The van der Waals surface area contributed by atoms with E-state index >= 15 is 0 Å². The summed E-state index contributed by atoms with van der Waals surface area (Å²) in [6, 6.07) is 3.61. The highest BCUT2D eigenvalue weighted by atomic mass is 16.5. The molecular weight excluding hydrogens is 142 g/mol. The van der Waals surface area contributed by atoms with Crippen molar-refractivity contribution < 1.29 is 4.74 Å². The first-order valence-electron chi connectivity index (χ1n) is 3.13. The summed E-state index contributed by atoms with van der Waals surface area (Å²) in [7, 11) is 0. The van der Waals surface area contributed by atoms with Gasteiger partial charge in [0, 0.05) is 6.20 Å². The van der Waals surface area contributed by atoms with Gasteiger partial charge >= 0.3 is 0 Å². The Kier molecular flexibility index (Phi) is 1.37. The predicted octanol–water partition coefficient (Wildman–Crippen LogP) is 1.16. The first-order chi connectivity index (χ1) is 5.47. The van der Waals surface area contributed by atoms with Gasteiger partial charge in [0.15, 0.2) is 6.40 Å². The third-order valence-corrected chi connectivity index (χ3v) is 1.24. The van der Waals surface area contributed by atoms with Crippen LogP contribution in [0.1, 0.15) is 0 Å². The van der Waals surface area contributed by atoms with Crippen molar-refractivity contribution in [3.05, 3.63) is 18.3 Å². The molecule has 0 N–H and O–H groups in total. The van der Waals surface area contributed by atoms with Crippen LogP contribution in [0, 0.1) is 0 Å². The van der Waals surface area contributed by atoms with Crippen LogP contribution in [-0.2, 0) is 0 Å². The molecule has 4 heteroatoms. The number of hydrogen-bond donors (Lipinski definition) is 0. The van der Waals surface area contributed by atoms with Crippen LogP contribution in [0.5, 0.6) is 5.88 Å². The highest BCUT2D eigenvalue weighted by Crippen LogP contribution is 2.23. The monoisotopic (exact) mass is 147 g/mol. The Bertz CT molecular complexity index is 319. The van der Waals surface area contributed by atoms with Crippen molar-refractivity contribution in [3.63, 3.8) is 0 Å². The fourth-order valence-electron chi connectivity index (χ4n) is 0.774. The molecule has 1 aromatic rings. The predicted molar refractivity (Wildman–Crippen MR) is 41.5 cm³/mol. The lowest BCUT2D eigenvalue weighted by molar-refractivity contribution is 0.553. The van der Waals surface area contributed by atoms with Crippen LogP contribution in [0.15, 0.2) is 28.3 Å². The fourth-order valence-corrected chi connectivity index (χ4v) is 0.774. The van der Waals surface area contributed by atoms with Gasteiger partial charge in [0.05, 0.1) is 0 Å². The summed E-state index contributed by atoms with van der Waals surface area (Å²) in [5.41, 5.74) is 0.699. The molecule has 54 valence electrons. The van der Waals surface area contributed by atoms with Crippen LogP contribution in [-0.4, -0.2) is 17.7 Å². The van der Waals surface area contributed by atoms with E-state index in [2.05, 4.69) is 15.0 Å². The minimum absolute atomic E-state index is 0.491. The molecule has 2 rings (SSSR count). The zero-order valence-electron chi connectivity index (χ0n) is 5.64. The Hall–Kier alpha value is -1.71. The first-order valence-corrected chi connectivity index (χ1v) is 3.13. The Labute approximate surface area is 63.3 Å². The van der Waals surface area contributed by atoms with E-state index in [9.17, 15) is 0 Å². The van der Waals surface area contributed by atoms with E-state index in [-0.39, 0.29) is 0 Å². The molecule has 11 heavy (non-hydrogen) atoms. The highest BCUT2D eigenvalue weighted by molar-refractivity contribution is 5.75. The summed E-state index contributed by atoms with van der Waals surface area (Å²) >= 11 is 0. The number of nitrogens with zero attached hydrogens (tertiary/aromatic N) is 3. The third kappa shape index (κ3) is 1.10. The van der Waals surface area contributed by atoms with E-state index in [4.69, 9.17) is 4.74 Å². The summed E-state index contributed by atoms with van der Waals surface area (Å²) < 4.78 is 5.02. The van der Waals surface area contributed by atoms with Gasteiger partial charge in [-0.3, -0.25) is 0 Å². The molecule has 0 saturated heterocycles. The largest absolute Gasteiger partial charge is 0.425 e. The molecule has 1 aliphatic heterocycles. The first kappa shape index (κ1) is 6.03. The Morgan fingerprint density at radius 3 is 3.36 bits per heavy atom. The molecule has 0 aliphatic carbocycles. The minimum atomic E-state index is 0.491. The average Bonchev–Trinajstić information content (AvgIpc) is 2.28. The van der Waals surface area contributed by atoms with Crippen molar-refractivity contribution in [1.82, 2.24) is 4.98 Å². The van der Waals surface area contributed by atoms with Gasteiger partial charge in [-0.2, -0.15) is 0 Å². The summed E-state index contributed by atoms with van der Waals surface area (Å²) in [6.45, 7) is 0. The highest BCUT2D eigenvalue weighted by Gasteiger charge is 2.01. The summed E-state index contributed by atoms with van der Waals surface area (Å²) in [4.78, 5) is 11.6. The van der Waals surface area contributed by atoms with Gasteiger partial charge in [-0.1, -0.05) is 0 Å². The number of aromatic nitrogens is 1. The molecule has 2 heterocycles. The number of aliphatic imine (C=N–C) groups is 2. The third-order valence-electron chi connectivity index (χ3n) is 1.24. The van der Waals surface area contributed by atoms with Gasteiger partial charge in [-0.15, -0.1) is 0 Å². The SMILES string of the molecule is C1=NC=Nc2cccnc2O1. The lowest BCUT2D eigenvalue weighted by Crippen LogP contribution is -1.89. The average molecular weight is 147 g/mol. The molecule has 0 unspecified atom stereocenters. The van der Waals surface area contributed by atoms with E-state index in [1.165, 1.54) is 12.7 Å². The van der Waals surface area contributed by atoms with E-state index in [1.807, 2.05) is 6.07 Å². The molecule has 0 bridgehead atoms. The molecule has 0 amide bonds. The topological polar surface area (TPSA) is 46.8 Å². The van der Waals surface area contributed by atoms with Gasteiger partial charge in [0.25, 0.3) is 0 Å². The molecule has 0 radical (unpaired) electrons. The maximum absolute atomic E-state index is 5.02. The van der Waals surface area contributed by atoms with Gasteiger partial charge in [0.2, 0.25) is 5.88 Å². The number of pyridine rings is 1. The number of hydrogen-bond acceptors (Lipinski definition) is 4. The van der Waals surface area contributed by atoms with Gasteiger partial charge < -0.3 is 4.74 Å². The van der Waals surface area contributed by atoms with Crippen molar-refractivity contribution in [2.24, 2.45) is 9.98 Å². The fraction of sp³-hybridized carbons (Fsp3) is 0. The van der Waals surface area contributed by atoms with Crippen molar-refractivity contribution >= 4 is 18.4 Å². The maximum Gasteiger partial charge on any atom is 0.246 e. The summed E-state index contributed by atoms with van der Waals surface area (Å²) in [5.74, 6) is 0.491. The zero-order valence-corrected chi connectivity index (χ0v) is 5.64. The molecule has 1 aromatic heterocycles. The van der Waals surface area contributed by atoms with Crippen molar-refractivity contribution in [1.29, 1.82) is 0 Å². The van der Waals surface area contributed by atoms with Crippen LogP contribution in [0.25, 0.3) is 0 Å². The molecule has 0 saturated carbocycles. The van der Waals surface area contributed by atoms with Gasteiger partial charge in [-0.05, 0) is 12.1 Å². The molecule has 0 fully saturated rings. The number of rotatable bonds is 0. The molecule has 0 spiro atoms. The van der Waals surface area contributed by atoms with Crippen LogP contribution in [0.2, 0.25) is 0 Å². The Balaban J connectivity index is 2.52. The number of fused-ring (bicyclic) bond motifs is 1. The second kappa shape index (κ2) is 2.49. The smallest absolute Gasteiger partial charge is 0.246 e. The summed E-state index contributed by atoms with van der Waals surface area (Å²) in [5, 5.41) is 0. The molecule has 1 aliphatic rings. The van der Waals surface area contributed by atoms with E-state index in [1.54, 1.807) is 12.3 Å². The lowest BCUT2D eigenvalue weighted by atomic mass is 10.4. The van der Waals surface area contributed by atoms with Crippen LogP contribution >= 0.6 is 0 Å². The van der Waals surface area contributed by atoms with E-state index in [0.717, 1.165) is 0 Å². The van der Waals surface area contributed by atoms with E-state index < -0.39 is 0 Å². The van der Waals surface area contributed by atoms with E-state index in [0.29, 0.717) is 11.6 Å². The standard InChI is InChI=1S/C7H5N3O/c1-2-6-7(9-3-1)11-5-8-4-10-6/h1-5H. The van der Waals surface area contributed by atoms with Crippen molar-refractivity contribution in [2.45, 2.75) is 0 Å². The lowest BCUT2D eigenvalue weighted by Gasteiger charge is -1.97. The molecule has 0 atom stereocenters. The molecule has 4 nitrogen and oxygen atoms in total. The van der Waals surface area contributed by atoms with Crippen LogP contribution in [0.3, 0.4) is 0 Å². The second-order valence-corrected chi connectivity index (χ2v) is 1.94. The molecular formula is C7H5N3O. The Morgan fingerprint density at radius 1 is 1.36 bits per heavy atom. The second-order valence-electron chi connectivity index (χ2n) is 1.94. The molecule has 0 aromatic carbocycles. The normalized spacial score (nSPS) is 13.5. The van der Waals surface area contributed by atoms with Gasteiger partial charge in [0.1, 0.15) is 12.0 Å². The Morgan fingerprint density at radius 2 is 2.36 bits per heavy atom. The minimum Gasteiger partial charge on any atom is -0.425 e. The summed E-state index contributed by atoms with van der Waals surface area (Å²) in [6.07, 6.45) is 4.38. The zero-order chi connectivity index (χ0) is 7.52. The number of ether oxygens (including phenoxy) is 1. The van der Waals surface area contributed by atoms with Crippen molar-refractivity contribution in [2.75, 3.05) is 0 Å². The maximum atomic E-state index is 5.02.